The Labute approximate surface area is 215 Å². The molecule has 0 fully saturated rings. The van der Waals surface area contributed by atoms with Gasteiger partial charge >= 0.3 is 12.1 Å². The Morgan fingerprint density at radius 2 is 1.89 bits per heavy atom. The molecule has 13 heteroatoms. The zero-order valence-corrected chi connectivity index (χ0v) is 22.3. The van der Waals surface area contributed by atoms with Crippen molar-refractivity contribution in [2.75, 3.05) is 31.4 Å². The van der Waals surface area contributed by atoms with Gasteiger partial charge in [0.1, 0.15) is 11.0 Å². The van der Waals surface area contributed by atoms with Crippen molar-refractivity contribution in [3.8, 4) is 0 Å². The number of carbonyl (C=O) groups excluding carboxylic acids is 2. The second-order valence-electron chi connectivity index (χ2n) is 7.14. The molecule has 3 rings (SSSR count). The molecule has 196 valence electrons. The quantitative estimate of drug-likeness (QED) is 0.245. The summed E-state index contributed by atoms with van der Waals surface area (Å²) in [4.78, 5) is 32.1. The van der Waals surface area contributed by atoms with Crippen molar-refractivity contribution in [2.24, 2.45) is 0 Å². The van der Waals surface area contributed by atoms with E-state index in [1.54, 1.807) is 0 Å². The third-order valence-electron chi connectivity index (χ3n) is 4.89. The topological polar surface area (TPSA) is 120 Å². The summed E-state index contributed by atoms with van der Waals surface area (Å²) >= 11 is 3.35. The van der Waals surface area contributed by atoms with E-state index in [-0.39, 0.29) is 29.2 Å². The number of aromatic nitrogens is 4. The lowest BCUT2D eigenvalue weighted by atomic mass is 10.0. The van der Waals surface area contributed by atoms with E-state index in [2.05, 4.69) is 51.1 Å². The Kier molecular flexibility index (Phi) is 11.0. The van der Waals surface area contributed by atoms with Gasteiger partial charge in [-0.3, -0.25) is 10.00 Å². The van der Waals surface area contributed by atoms with Crippen LogP contribution in [0.3, 0.4) is 0 Å². The highest BCUT2D eigenvalue weighted by Gasteiger charge is 2.22. The number of nitrogens with one attached hydrogen (secondary N) is 2. The van der Waals surface area contributed by atoms with Crippen LogP contribution in [0.15, 0.2) is 22.8 Å². The molecule has 0 spiro atoms. The van der Waals surface area contributed by atoms with Gasteiger partial charge in [0, 0.05) is 12.1 Å². The molecule has 2 N–H and O–H groups in total. The summed E-state index contributed by atoms with van der Waals surface area (Å²) in [6.07, 6.45) is -1.78. The summed E-state index contributed by atoms with van der Waals surface area (Å²) in [5, 5.41) is 10.0. The van der Waals surface area contributed by atoms with Crippen LogP contribution < -0.4 is 10.6 Å². The number of anilines is 2. The Morgan fingerprint density at radius 1 is 1.17 bits per heavy atom. The molecular formula is C23H29BrF2N6O4. The average Bonchev–Trinajstić information content (AvgIpc) is 3.19. The molecular weight excluding hydrogens is 542 g/mol. The van der Waals surface area contributed by atoms with E-state index in [0.717, 1.165) is 18.9 Å². The zero-order valence-electron chi connectivity index (χ0n) is 20.7. The van der Waals surface area contributed by atoms with E-state index in [1.807, 2.05) is 20.8 Å². The highest BCUT2D eigenvalue weighted by Crippen LogP contribution is 2.31. The number of fused-ring (bicyclic) bond motifs is 1. The Morgan fingerprint density at radius 3 is 2.50 bits per heavy atom. The van der Waals surface area contributed by atoms with Crippen LogP contribution in [0.25, 0.3) is 11.0 Å². The van der Waals surface area contributed by atoms with Crippen molar-refractivity contribution < 1.29 is 27.8 Å². The van der Waals surface area contributed by atoms with E-state index in [0.29, 0.717) is 28.0 Å². The van der Waals surface area contributed by atoms with Crippen molar-refractivity contribution in [3.05, 3.63) is 39.5 Å². The number of halogens is 3. The Balaban J connectivity index is 0.00000222. The number of ether oxygens (including phenoxy) is 2. The molecule has 36 heavy (non-hydrogen) atoms. The lowest BCUT2D eigenvalue weighted by Crippen LogP contribution is -2.15. The van der Waals surface area contributed by atoms with Gasteiger partial charge < -0.3 is 14.8 Å². The highest BCUT2D eigenvalue weighted by atomic mass is 79.9. The zero-order chi connectivity index (χ0) is 26.8. The van der Waals surface area contributed by atoms with Crippen molar-refractivity contribution in [3.63, 3.8) is 0 Å². The number of carbonyl (C=O) groups is 2. The molecule has 1 amide bonds. The number of hydrogen-bond acceptors (Lipinski definition) is 8. The molecule has 1 aromatic carbocycles. The monoisotopic (exact) mass is 570 g/mol. The lowest BCUT2D eigenvalue weighted by molar-refractivity contribution is 0.0600. The number of alkyl halides is 2. The summed E-state index contributed by atoms with van der Waals surface area (Å²) in [7, 11) is 2.40. The van der Waals surface area contributed by atoms with E-state index in [9.17, 15) is 18.4 Å². The van der Waals surface area contributed by atoms with Crippen LogP contribution in [0, 0.1) is 0 Å². The first-order valence-electron chi connectivity index (χ1n) is 11.3. The van der Waals surface area contributed by atoms with Crippen LogP contribution in [0.2, 0.25) is 0 Å². The second-order valence-corrected chi connectivity index (χ2v) is 7.90. The molecule has 0 aliphatic carbocycles. The first-order chi connectivity index (χ1) is 17.3. The van der Waals surface area contributed by atoms with Crippen LogP contribution in [-0.2, 0) is 16.0 Å². The minimum absolute atomic E-state index is 0.00528. The smallest absolute Gasteiger partial charge is 0.413 e. The number of hydrogen-bond donors (Lipinski definition) is 2. The summed E-state index contributed by atoms with van der Waals surface area (Å²) < 4.78 is 38.7. The van der Waals surface area contributed by atoms with E-state index in [1.165, 1.54) is 31.0 Å². The number of unbranched alkanes of at least 4 members (excludes halogenated alkanes) is 1. The summed E-state index contributed by atoms with van der Waals surface area (Å²) in [5.74, 6) is -0.343. The molecule has 0 unspecified atom stereocenters. The van der Waals surface area contributed by atoms with Gasteiger partial charge in [0.15, 0.2) is 10.4 Å². The minimum atomic E-state index is -2.82. The van der Waals surface area contributed by atoms with Crippen LogP contribution in [0.4, 0.5) is 25.3 Å². The maximum atomic E-state index is 13.8. The van der Waals surface area contributed by atoms with Gasteiger partial charge in [-0.2, -0.15) is 10.1 Å². The van der Waals surface area contributed by atoms with Gasteiger partial charge in [0.25, 0.3) is 6.43 Å². The number of amides is 1. The molecule has 0 aliphatic heterocycles. The highest BCUT2D eigenvalue weighted by molar-refractivity contribution is 9.10. The molecule has 0 saturated carbocycles. The number of nitrogens with zero attached hydrogens (tertiary/aromatic N) is 4. The molecule has 2 heterocycles. The fourth-order valence-electron chi connectivity index (χ4n) is 3.21. The van der Waals surface area contributed by atoms with Crippen LogP contribution in [0.5, 0.6) is 0 Å². The van der Waals surface area contributed by atoms with Crippen molar-refractivity contribution >= 4 is 50.8 Å². The number of rotatable bonds is 9. The maximum absolute atomic E-state index is 13.8. The minimum Gasteiger partial charge on any atom is -0.465 e. The van der Waals surface area contributed by atoms with E-state index < -0.39 is 18.5 Å². The standard InChI is InChI=1S/C21H23BrF2N6O4.C2H6/c1-4-5-8-25-18-15-14(26-20(27-18)28-21(32)34-3)16(22)29-30(15)10-12-7-6-11(19(31)33-2)9-13(12)17(23)24;1-2/h6-7,9,17H,4-5,8,10H2,1-3H3,(H2,25,26,27,28,32);1-2H3. The number of esters is 1. The third kappa shape index (κ3) is 6.86. The first-order valence-corrected chi connectivity index (χ1v) is 12.1. The van der Waals surface area contributed by atoms with E-state index >= 15 is 0 Å². The van der Waals surface area contributed by atoms with Crippen molar-refractivity contribution in [2.45, 2.75) is 46.6 Å². The van der Waals surface area contributed by atoms with Gasteiger partial charge in [-0.1, -0.05) is 33.3 Å². The molecule has 0 aliphatic rings. The van der Waals surface area contributed by atoms with Crippen LogP contribution in [0.1, 0.15) is 61.5 Å². The third-order valence-corrected chi connectivity index (χ3v) is 5.42. The maximum Gasteiger partial charge on any atom is 0.413 e. The molecule has 0 bridgehead atoms. The van der Waals surface area contributed by atoms with E-state index in [4.69, 9.17) is 0 Å². The Bertz CT molecular complexity index is 1210. The number of methoxy groups -OCH3 is 2. The van der Waals surface area contributed by atoms with Crippen LogP contribution >= 0.6 is 15.9 Å². The molecule has 2 aromatic heterocycles. The van der Waals surface area contributed by atoms with Crippen molar-refractivity contribution in [1.82, 2.24) is 19.7 Å². The fraction of sp³-hybridized carbons (Fsp3) is 0.435. The van der Waals surface area contributed by atoms with Gasteiger partial charge in [0.05, 0.1) is 26.3 Å². The second kappa shape index (κ2) is 13.7. The first kappa shape index (κ1) is 28.9. The predicted octanol–water partition coefficient (Wildman–Crippen LogP) is 5.78. The summed E-state index contributed by atoms with van der Waals surface area (Å²) in [6.45, 7) is 6.57. The summed E-state index contributed by atoms with van der Waals surface area (Å²) in [6, 6.07) is 3.97. The molecule has 0 saturated heterocycles. The van der Waals surface area contributed by atoms with Crippen molar-refractivity contribution in [1.29, 1.82) is 0 Å². The molecule has 3 aromatic rings. The lowest BCUT2D eigenvalue weighted by Gasteiger charge is -2.13. The molecule has 0 atom stereocenters. The van der Waals surface area contributed by atoms with Gasteiger partial charge in [-0.05, 0) is 40.0 Å². The molecule has 10 nitrogen and oxygen atoms in total. The normalized spacial score (nSPS) is 10.6. The van der Waals surface area contributed by atoms with Gasteiger partial charge in [0.2, 0.25) is 5.95 Å². The molecule has 0 radical (unpaired) electrons. The average molecular weight is 571 g/mol. The SMILES string of the molecule is CC.CCCCNc1nc(NC(=O)OC)nc2c(Br)nn(Cc3ccc(C(=O)OC)cc3C(F)F)c12. The fourth-order valence-corrected chi connectivity index (χ4v) is 3.68. The van der Waals surface area contributed by atoms with Gasteiger partial charge in [-0.15, -0.1) is 0 Å². The van der Waals surface area contributed by atoms with Gasteiger partial charge in [-0.25, -0.2) is 23.4 Å². The predicted molar refractivity (Wildman–Crippen MR) is 136 cm³/mol. The largest absolute Gasteiger partial charge is 0.465 e. The number of benzene rings is 1. The Hall–Kier alpha value is -3.35. The summed E-state index contributed by atoms with van der Waals surface area (Å²) in [5.41, 5.74) is 0.793. The van der Waals surface area contributed by atoms with Crippen LogP contribution in [-0.4, -0.2) is 52.6 Å².